The summed E-state index contributed by atoms with van der Waals surface area (Å²) in [5, 5.41) is 10.6. The fourth-order valence-electron chi connectivity index (χ4n) is 3.75. The standard InChI is InChI=1S/C21H16Cl2F3N5O4S2/c22-14-2-3-16(19-18(14)15(23)11-28-19)29-37(34,35)13-1-4-17(12(9-13)10-27)36(33)31-7-5-30(6-8-31)20(32)21(24,25)26/h1-4,9,11,28-29H,5-8H2. The number of carbonyl (C=O) groups excluding carboxylic acids is 1. The van der Waals surface area contributed by atoms with Crippen LogP contribution in [0.5, 0.6) is 0 Å². The lowest BCUT2D eigenvalue weighted by Crippen LogP contribution is -2.52. The van der Waals surface area contributed by atoms with Crippen LogP contribution in [0.3, 0.4) is 0 Å². The van der Waals surface area contributed by atoms with Crippen LogP contribution in [0, 0.1) is 11.3 Å². The van der Waals surface area contributed by atoms with Crippen molar-refractivity contribution in [3.8, 4) is 6.07 Å². The molecule has 2 aromatic carbocycles. The fraction of sp³-hybridized carbons (Fsp3) is 0.238. The van der Waals surface area contributed by atoms with Crippen LogP contribution in [0.25, 0.3) is 10.9 Å². The maximum absolute atomic E-state index is 13.1. The summed E-state index contributed by atoms with van der Waals surface area (Å²) in [5.74, 6) is -1.97. The van der Waals surface area contributed by atoms with Gasteiger partial charge in [-0.1, -0.05) is 23.2 Å². The number of rotatable bonds is 5. The van der Waals surface area contributed by atoms with E-state index in [4.69, 9.17) is 23.2 Å². The summed E-state index contributed by atoms with van der Waals surface area (Å²) in [6, 6.07) is 8.14. The van der Waals surface area contributed by atoms with E-state index in [1.807, 2.05) is 6.07 Å². The molecule has 0 saturated carbocycles. The van der Waals surface area contributed by atoms with E-state index in [9.17, 15) is 35.9 Å². The summed E-state index contributed by atoms with van der Waals surface area (Å²) in [6.07, 6.45) is -3.55. The highest BCUT2D eigenvalue weighted by atomic mass is 35.5. The number of halogens is 5. The monoisotopic (exact) mass is 593 g/mol. The fourth-order valence-corrected chi connectivity index (χ4v) is 6.65. The number of aromatic amines is 1. The number of sulfonamides is 1. The number of anilines is 1. The average Bonchev–Trinajstić information content (AvgIpc) is 3.26. The molecule has 0 aliphatic carbocycles. The molecule has 0 radical (unpaired) electrons. The zero-order valence-corrected chi connectivity index (χ0v) is 21.6. The third-order valence-corrected chi connectivity index (χ3v) is 9.10. The normalized spacial score (nSPS) is 15.9. The van der Waals surface area contributed by atoms with E-state index in [0.29, 0.717) is 25.8 Å². The van der Waals surface area contributed by atoms with Crippen molar-refractivity contribution >= 4 is 66.7 Å². The number of nitriles is 1. The Bertz CT molecular complexity index is 1560. The molecule has 2 N–H and O–H groups in total. The van der Waals surface area contributed by atoms with Crippen molar-refractivity contribution in [1.82, 2.24) is 14.2 Å². The zero-order valence-electron chi connectivity index (χ0n) is 18.5. The van der Waals surface area contributed by atoms with Crippen molar-refractivity contribution in [2.75, 3.05) is 30.9 Å². The molecule has 3 aromatic rings. The number of hydrogen-bond acceptors (Lipinski definition) is 5. The molecular weight excluding hydrogens is 578 g/mol. The van der Waals surface area contributed by atoms with Gasteiger partial charge in [0, 0.05) is 37.8 Å². The molecule has 1 aromatic heterocycles. The molecule has 0 bridgehead atoms. The second kappa shape index (κ2) is 10.1. The maximum atomic E-state index is 13.1. The SMILES string of the molecule is N#Cc1cc(S(=O)(=O)Nc2ccc(Cl)c3c(Cl)c[nH]c23)ccc1S(=O)N1CCN(C(=O)C(F)(F)F)CC1. The number of nitrogens with zero attached hydrogens (tertiary/aromatic N) is 3. The second-order valence-corrected chi connectivity index (χ2v) is 11.8. The average molecular weight is 594 g/mol. The minimum Gasteiger partial charge on any atom is -0.358 e. The molecule has 1 amide bonds. The quantitative estimate of drug-likeness (QED) is 0.464. The first-order valence-electron chi connectivity index (χ1n) is 10.4. The van der Waals surface area contributed by atoms with Gasteiger partial charge in [-0.15, -0.1) is 0 Å². The van der Waals surface area contributed by atoms with Crippen LogP contribution in [-0.4, -0.2) is 65.1 Å². The van der Waals surface area contributed by atoms with Crippen LogP contribution < -0.4 is 4.72 Å². The number of alkyl halides is 3. The molecule has 0 spiro atoms. The summed E-state index contributed by atoms with van der Waals surface area (Å²) in [4.78, 5) is 14.6. The molecule has 4 rings (SSSR count). The first kappa shape index (κ1) is 27.2. The number of nitrogens with one attached hydrogen (secondary N) is 2. The zero-order chi connectivity index (χ0) is 27.1. The molecule has 37 heavy (non-hydrogen) atoms. The van der Waals surface area contributed by atoms with Gasteiger partial charge in [-0.3, -0.25) is 9.52 Å². The molecule has 1 saturated heterocycles. The van der Waals surface area contributed by atoms with Gasteiger partial charge in [0.1, 0.15) is 17.1 Å². The topological polar surface area (TPSA) is 126 Å². The van der Waals surface area contributed by atoms with Gasteiger partial charge >= 0.3 is 12.1 Å². The van der Waals surface area contributed by atoms with Crippen molar-refractivity contribution in [1.29, 1.82) is 5.26 Å². The van der Waals surface area contributed by atoms with E-state index >= 15 is 0 Å². The smallest absolute Gasteiger partial charge is 0.358 e. The van der Waals surface area contributed by atoms with Gasteiger partial charge in [0.05, 0.1) is 36.6 Å². The number of H-pyrrole nitrogens is 1. The number of hydrogen-bond donors (Lipinski definition) is 2. The summed E-state index contributed by atoms with van der Waals surface area (Å²) < 4.78 is 80.8. The molecule has 1 atom stereocenters. The van der Waals surface area contributed by atoms with Crippen LogP contribution in [0.1, 0.15) is 5.56 Å². The molecule has 1 unspecified atom stereocenters. The molecular formula is C21H16Cl2F3N5O4S2. The predicted molar refractivity (Wildman–Crippen MR) is 131 cm³/mol. The molecule has 1 aliphatic heterocycles. The highest BCUT2D eigenvalue weighted by Gasteiger charge is 2.43. The summed E-state index contributed by atoms with van der Waals surface area (Å²) in [5.41, 5.74) is 0.311. The van der Waals surface area contributed by atoms with Gasteiger partial charge in [-0.05, 0) is 30.3 Å². The Labute approximate surface area is 221 Å². The second-order valence-electron chi connectivity index (χ2n) is 7.82. The summed E-state index contributed by atoms with van der Waals surface area (Å²) in [6.45, 7) is -0.875. The summed E-state index contributed by atoms with van der Waals surface area (Å²) in [7, 11) is -6.19. The van der Waals surface area contributed by atoms with Gasteiger partial charge in [-0.25, -0.2) is 16.9 Å². The van der Waals surface area contributed by atoms with Crippen LogP contribution in [0.15, 0.2) is 46.3 Å². The Hall–Kier alpha value is -2.83. The number of fused-ring (bicyclic) bond motifs is 1. The maximum Gasteiger partial charge on any atom is 0.471 e. The molecule has 1 aliphatic rings. The first-order chi connectivity index (χ1) is 17.3. The molecule has 16 heteroatoms. The molecule has 1 fully saturated rings. The minimum absolute atomic E-state index is 0.0120. The third-order valence-electron chi connectivity index (χ3n) is 5.55. The minimum atomic E-state index is -5.00. The van der Waals surface area contributed by atoms with E-state index < -0.39 is 33.1 Å². The van der Waals surface area contributed by atoms with Crippen molar-refractivity contribution in [2.24, 2.45) is 0 Å². The van der Waals surface area contributed by atoms with Crippen LogP contribution >= 0.6 is 23.2 Å². The van der Waals surface area contributed by atoms with Gasteiger partial charge in [0.2, 0.25) is 0 Å². The Morgan fingerprint density at radius 2 is 1.78 bits per heavy atom. The van der Waals surface area contributed by atoms with Crippen molar-refractivity contribution in [3.63, 3.8) is 0 Å². The molecule has 9 nitrogen and oxygen atoms in total. The predicted octanol–water partition coefficient (Wildman–Crippen LogP) is 3.88. The van der Waals surface area contributed by atoms with Crippen molar-refractivity contribution in [3.05, 3.63) is 52.1 Å². The van der Waals surface area contributed by atoms with Gasteiger partial charge in [-0.2, -0.15) is 18.4 Å². The largest absolute Gasteiger partial charge is 0.471 e. The van der Waals surface area contributed by atoms with E-state index in [-0.39, 0.29) is 47.2 Å². The third kappa shape index (κ3) is 5.41. The van der Waals surface area contributed by atoms with Crippen molar-refractivity contribution < 1.29 is 30.6 Å². The first-order valence-corrected chi connectivity index (χ1v) is 13.7. The van der Waals surface area contributed by atoms with E-state index in [2.05, 4.69) is 9.71 Å². The lowest BCUT2D eigenvalue weighted by atomic mass is 10.2. The van der Waals surface area contributed by atoms with Gasteiger partial charge in [0.25, 0.3) is 10.0 Å². The molecule has 2 heterocycles. The van der Waals surface area contributed by atoms with Gasteiger partial charge < -0.3 is 9.88 Å². The number of aromatic nitrogens is 1. The Kier molecular flexibility index (Phi) is 7.46. The van der Waals surface area contributed by atoms with Crippen LogP contribution in [-0.2, 0) is 25.8 Å². The number of amides is 1. The highest BCUT2D eigenvalue weighted by molar-refractivity contribution is 7.92. The van der Waals surface area contributed by atoms with Crippen LogP contribution in [0.4, 0.5) is 18.9 Å². The Morgan fingerprint density at radius 1 is 1.11 bits per heavy atom. The Balaban J connectivity index is 1.55. The highest BCUT2D eigenvalue weighted by Crippen LogP contribution is 2.35. The van der Waals surface area contributed by atoms with E-state index in [1.165, 1.54) is 28.7 Å². The number of benzene rings is 2. The summed E-state index contributed by atoms with van der Waals surface area (Å²) >= 11 is 12.2. The lowest BCUT2D eigenvalue weighted by molar-refractivity contribution is -0.186. The molecule has 196 valence electrons. The number of carbonyl (C=O) groups is 1. The van der Waals surface area contributed by atoms with Crippen LogP contribution in [0.2, 0.25) is 10.0 Å². The van der Waals surface area contributed by atoms with Crippen molar-refractivity contribution in [2.45, 2.75) is 16.0 Å². The van der Waals surface area contributed by atoms with E-state index in [1.54, 1.807) is 0 Å². The van der Waals surface area contributed by atoms with E-state index in [0.717, 1.165) is 12.1 Å². The number of piperazine rings is 1. The Morgan fingerprint density at radius 3 is 2.41 bits per heavy atom. The van der Waals surface area contributed by atoms with Gasteiger partial charge in [0.15, 0.2) is 0 Å². The lowest BCUT2D eigenvalue weighted by Gasteiger charge is -2.34.